The van der Waals surface area contributed by atoms with Crippen LogP contribution in [0.5, 0.6) is 0 Å². The van der Waals surface area contributed by atoms with Gasteiger partial charge in [-0.25, -0.2) is 0 Å². The fourth-order valence-electron chi connectivity index (χ4n) is 2.45. The first-order valence-electron chi connectivity index (χ1n) is 6.21. The van der Waals surface area contributed by atoms with E-state index < -0.39 is 0 Å². The normalized spacial score (nSPS) is 22.1. The Morgan fingerprint density at radius 1 is 1.38 bits per heavy atom. The molecule has 0 spiro atoms. The van der Waals surface area contributed by atoms with Crippen LogP contribution < -0.4 is 5.73 Å². The van der Waals surface area contributed by atoms with Crippen molar-refractivity contribution in [1.82, 2.24) is 9.80 Å². The lowest BCUT2D eigenvalue weighted by atomic mass is 10.2. The van der Waals surface area contributed by atoms with E-state index >= 15 is 0 Å². The van der Waals surface area contributed by atoms with E-state index in [2.05, 4.69) is 32.6 Å². The maximum absolute atomic E-state index is 12.1. The van der Waals surface area contributed by atoms with Gasteiger partial charge in [0.1, 0.15) is 0 Å². The first kappa shape index (κ1) is 13.5. The summed E-state index contributed by atoms with van der Waals surface area (Å²) in [6, 6.07) is 0.784. The Kier molecular flexibility index (Phi) is 4.74. The minimum atomic E-state index is 0.221. The molecule has 16 heavy (non-hydrogen) atoms. The molecule has 1 fully saturated rings. The van der Waals surface area contributed by atoms with E-state index in [0.29, 0.717) is 6.54 Å². The van der Waals surface area contributed by atoms with Crippen LogP contribution in [0, 0.1) is 0 Å². The van der Waals surface area contributed by atoms with E-state index in [1.807, 2.05) is 4.90 Å². The second-order valence-corrected chi connectivity index (χ2v) is 5.27. The molecule has 1 heterocycles. The summed E-state index contributed by atoms with van der Waals surface area (Å²) in [6.07, 6.45) is 1.01. The summed E-state index contributed by atoms with van der Waals surface area (Å²) in [5.41, 5.74) is 5.83. The number of likely N-dealkylation sites (tertiary alicyclic amines) is 1. The van der Waals surface area contributed by atoms with Gasteiger partial charge in [-0.2, -0.15) is 0 Å². The minimum Gasteiger partial charge on any atom is -0.337 e. The highest BCUT2D eigenvalue weighted by Gasteiger charge is 2.25. The Bertz CT molecular complexity index is 232. The number of amides is 1. The lowest BCUT2D eigenvalue weighted by Crippen LogP contribution is -2.47. The Balaban J connectivity index is 2.49. The molecule has 0 unspecified atom stereocenters. The monoisotopic (exact) mass is 227 g/mol. The Hall–Kier alpha value is -0.610. The SMILES string of the molecule is CC(C)N(C(=O)CN1CC[C@@H](N)C1)C(C)C. The van der Waals surface area contributed by atoms with Gasteiger partial charge in [0.05, 0.1) is 6.54 Å². The van der Waals surface area contributed by atoms with Gasteiger partial charge in [0.2, 0.25) is 5.91 Å². The van der Waals surface area contributed by atoms with Crippen LogP contribution in [0.25, 0.3) is 0 Å². The van der Waals surface area contributed by atoms with Crippen LogP contribution in [-0.4, -0.2) is 53.5 Å². The molecule has 1 saturated heterocycles. The summed E-state index contributed by atoms with van der Waals surface area (Å²) in [6.45, 7) is 10.6. The first-order chi connectivity index (χ1) is 7.41. The Labute approximate surface area is 98.8 Å². The lowest BCUT2D eigenvalue weighted by molar-refractivity contribution is -0.135. The molecule has 1 atom stereocenters. The van der Waals surface area contributed by atoms with Crippen molar-refractivity contribution in [2.24, 2.45) is 5.73 Å². The molecule has 2 N–H and O–H groups in total. The van der Waals surface area contributed by atoms with Crippen molar-refractivity contribution in [1.29, 1.82) is 0 Å². The van der Waals surface area contributed by atoms with E-state index in [4.69, 9.17) is 5.73 Å². The predicted octanol–water partition coefficient (Wildman–Crippen LogP) is 0.665. The summed E-state index contributed by atoms with van der Waals surface area (Å²) >= 11 is 0. The van der Waals surface area contributed by atoms with Crippen molar-refractivity contribution in [3.8, 4) is 0 Å². The smallest absolute Gasteiger partial charge is 0.237 e. The zero-order valence-electron chi connectivity index (χ0n) is 10.9. The molecule has 4 nitrogen and oxygen atoms in total. The predicted molar refractivity (Wildman–Crippen MR) is 66.2 cm³/mol. The molecule has 0 aromatic heterocycles. The van der Waals surface area contributed by atoms with Gasteiger partial charge in [-0.1, -0.05) is 0 Å². The highest BCUT2D eigenvalue weighted by atomic mass is 16.2. The van der Waals surface area contributed by atoms with Crippen molar-refractivity contribution in [3.63, 3.8) is 0 Å². The fourth-order valence-corrected chi connectivity index (χ4v) is 2.45. The average molecular weight is 227 g/mol. The van der Waals surface area contributed by atoms with E-state index in [0.717, 1.165) is 19.5 Å². The largest absolute Gasteiger partial charge is 0.337 e. The first-order valence-corrected chi connectivity index (χ1v) is 6.21. The number of carbonyl (C=O) groups is 1. The van der Waals surface area contributed by atoms with Crippen LogP contribution in [0.2, 0.25) is 0 Å². The standard InChI is InChI=1S/C12H25N3O/c1-9(2)15(10(3)4)12(16)8-14-6-5-11(13)7-14/h9-11H,5-8,13H2,1-4H3/t11-/m1/s1. The van der Waals surface area contributed by atoms with Crippen molar-refractivity contribution >= 4 is 5.91 Å². The minimum absolute atomic E-state index is 0.221. The molecule has 94 valence electrons. The van der Waals surface area contributed by atoms with Gasteiger partial charge in [0.15, 0.2) is 0 Å². The van der Waals surface area contributed by atoms with E-state index in [1.54, 1.807) is 0 Å². The number of nitrogens with zero attached hydrogens (tertiary/aromatic N) is 2. The molecule has 0 aromatic rings. The molecule has 1 amide bonds. The van der Waals surface area contributed by atoms with E-state index in [1.165, 1.54) is 0 Å². The topological polar surface area (TPSA) is 49.6 Å². The summed E-state index contributed by atoms with van der Waals surface area (Å²) in [7, 11) is 0. The van der Waals surface area contributed by atoms with Gasteiger partial charge < -0.3 is 10.6 Å². The average Bonchev–Trinajstić information content (AvgIpc) is 2.49. The number of hydrogen-bond donors (Lipinski definition) is 1. The zero-order valence-corrected chi connectivity index (χ0v) is 10.9. The van der Waals surface area contributed by atoms with Crippen LogP contribution in [0.4, 0.5) is 0 Å². The fraction of sp³-hybridized carbons (Fsp3) is 0.917. The van der Waals surface area contributed by atoms with Crippen molar-refractivity contribution in [3.05, 3.63) is 0 Å². The quantitative estimate of drug-likeness (QED) is 0.768. The summed E-state index contributed by atoms with van der Waals surface area (Å²) in [4.78, 5) is 16.2. The zero-order chi connectivity index (χ0) is 12.3. The molecular formula is C12H25N3O. The number of nitrogens with two attached hydrogens (primary N) is 1. The van der Waals surface area contributed by atoms with E-state index in [-0.39, 0.29) is 24.0 Å². The number of carbonyl (C=O) groups excluding carboxylic acids is 1. The van der Waals surface area contributed by atoms with Gasteiger partial charge in [-0.05, 0) is 34.1 Å². The van der Waals surface area contributed by atoms with Crippen molar-refractivity contribution < 1.29 is 4.79 Å². The van der Waals surface area contributed by atoms with Crippen LogP contribution in [0.3, 0.4) is 0 Å². The molecule has 0 saturated carbocycles. The Morgan fingerprint density at radius 2 is 1.94 bits per heavy atom. The molecule has 0 bridgehead atoms. The van der Waals surface area contributed by atoms with Gasteiger partial charge in [0, 0.05) is 31.2 Å². The lowest BCUT2D eigenvalue weighted by Gasteiger charge is -2.32. The molecule has 1 aliphatic heterocycles. The van der Waals surface area contributed by atoms with Gasteiger partial charge >= 0.3 is 0 Å². The maximum Gasteiger partial charge on any atom is 0.237 e. The van der Waals surface area contributed by atoms with Crippen LogP contribution in [0.15, 0.2) is 0 Å². The third-order valence-corrected chi connectivity index (χ3v) is 3.07. The third kappa shape index (κ3) is 3.46. The summed E-state index contributed by atoms with van der Waals surface area (Å²) < 4.78 is 0. The van der Waals surface area contributed by atoms with Crippen LogP contribution in [-0.2, 0) is 4.79 Å². The molecule has 0 aromatic carbocycles. The molecule has 4 heteroatoms. The highest BCUT2D eigenvalue weighted by molar-refractivity contribution is 5.78. The molecule has 1 rings (SSSR count). The molecule has 0 aliphatic carbocycles. The van der Waals surface area contributed by atoms with E-state index in [9.17, 15) is 4.79 Å². The second kappa shape index (κ2) is 5.64. The number of rotatable bonds is 4. The number of hydrogen-bond acceptors (Lipinski definition) is 3. The highest BCUT2D eigenvalue weighted by Crippen LogP contribution is 2.10. The van der Waals surface area contributed by atoms with Gasteiger partial charge in [-0.15, -0.1) is 0 Å². The second-order valence-electron chi connectivity index (χ2n) is 5.27. The maximum atomic E-state index is 12.1. The Morgan fingerprint density at radius 3 is 2.31 bits per heavy atom. The molecule has 1 aliphatic rings. The van der Waals surface area contributed by atoms with Gasteiger partial charge in [-0.3, -0.25) is 9.69 Å². The van der Waals surface area contributed by atoms with Crippen LogP contribution in [0.1, 0.15) is 34.1 Å². The summed E-state index contributed by atoms with van der Waals surface area (Å²) in [5, 5.41) is 0. The van der Waals surface area contributed by atoms with Crippen molar-refractivity contribution in [2.45, 2.75) is 52.2 Å². The molecule has 0 radical (unpaired) electrons. The van der Waals surface area contributed by atoms with Gasteiger partial charge in [0.25, 0.3) is 0 Å². The third-order valence-electron chi connectivity index (χ3n) is 3.07. The van der Waals surface area contributed by atoms with Crippen molar-refractivity contribution in [2.75, 3.05) is 19.6 Å². The van der Waals surface area contributed by atoms with Crippen LogP contribution >= 0.6 is 0 Å². The molecular weight excluding hydrogens is 202 g/mol. The summed E-state index contributed by atoms with van der Waals surface area (Å²) in [5.74, 6) is 0.221.